The van der Waals surface area contributed by atoms with Crippen LogP contribution in [0.5, 0.6) is 0 Å². The summed E-state index contributed by atoms with van der Waals surface area (Å²) < 4.78 is 25.5. The van der Waals surface area contributed by atoms with Crippen LogP contribution in [-0.2, 0) is 22.9 Å². The molecule has 164 valence electrons. The van der Waals surface area contributed by atoms with Gasteiger partial charge in [0, 0.05) is 37.7 Å². The Hall–Kier alpha value is -3.13. The highest BCUT2D eigenvalue weighted by atomic mass is 32.2. The van der Waals surface area contributed by atoms with Gasteiger partial charge in [-0.2, -0.15) is 5.10 Å². The highest BCUT2D eigenvalue weighted by molar-refractivity contribution is 7.90. The van der Waals surface area contributed by atoms with E-state index in [1.54, 1.807) is 13.1 Å². The van der Waals surface area contributed by atoms with Crippen molar-refractivity contribution in [2.24, 2.45) is 4.99 Å². The van der Waals surface area contributed by atoms with Crippen LogP contribution >= 0.6 is 0 Å². The largest absolute Gasteiger partial charge is 0.352 e. The predicted molar refractivity (Wildman–Crippen MR) is 124 cm³/mol. The van der Waals surface area contributed by atoms with Gasteiger partial charge in [-0.05, 0) is 50.1 Å². The highest BCUT2D eigenvalue weighted by Crippen LogP contribution is 2.18. The number of aromatic nitrogens is 2. The number of hydrogen-bond donors (Lipinski definition) is 2. The van der Waals surface area contributed by atoms with Gasteiger partial charge >= 0.3 is 0 Å². The van der Waals surface area contributed by atoms with E-state index in [9.17, 15) is 8.42 Å². The molecule has 1 heterocycles. The first kappa shape index (κ1) is 22.6. The topological polar surface area (TPSA) is 88.4 Å². The molecule has 0 saturated carbocycles. The van der Waals surface area contributed by atoms with Crippen LogP contribution in [0.1, 0.15) is 28.1 Å². The maximum absolute atomic E-state index is 11.8. The van der Waals surface area contributed by atoms with Crippen LogP contribution < -0.4 is 10.6 Å². The van der Waals surface area contributed by atoms with Gasteiger partial charge in [-0.15, -0.1) is 0 Å². The zero-order valence-corrected chi connectivity index (χ0v) is 19.4. The number of para-hydroxylation sites is 1. The van der Waals surface area contributed by atoms with Gasteiger partial charge in [-0.25, -0.2) is 13.1 Å². The van der Waals surface area contributed by atoms with Gasteiger partial charge in [0.1, 0.15) is 0 Å². The van der Waals surface area contributed by atoms with Crippen molar-refractivity contribution in [3.63, 3.8) is 0 Å². The number of hydrogen-bond acceptors (Lipinski definition) is 4. The number of benzene rings is 2. The Morgan fingerprint density at radius 1 is 1.03 bits per heavy atom. The van der Waals surface area contributed by atoms with Crippen molar-refractivity contribution in [3.8, 4) is 5.69 Å². The van der Waals surface area contributed by atoms with Gasteiger partial charge in [-0.3, -0.25) is 4.99 Å². The Bertz CT molecular complexity index is 1200. The zero-order valence-electron chi connectivity index (χ0n) is 18.6. The molecule has 2 aromatic carbocycles. The lowest BCUT2D eigenvalue weighted by Crippen LogP contribution is -2.36. The number of aliphatic imine (C=N–C) groups is 1. The van der Waals surface area contributed by atoms with Crippen LogP contribution in [0.4, 0.5) is 0 Å². The molecule has 7 nitrogen and oxygen atoms in total. The fourth-order valence-corrected chi connectivity index (χ4v) is 4.53. The maximum atomic E-state index is 11.8. The second-order valence-electron chi connectivity index (χ2n) is 7.55. The normalized spacial score (nSPS) is 12.1. The third-order valence-electron chi connectivity index (χ3n) is 5.20. The van der Waals surface area contributed by atoms with Gasteiger partial charge in [-0.1, -0.05) is 30.3 Å². The molecule has 0 saturated heterocycles. The maximum Gasteiger partial charge on any atom is 0.191 e. The van der Waals surface area contributed by atoms with Crippen molar-refractivity contribution >= 4 is 15.8 Å². The summed E-state index contributed by atoms with van der Waals surface area (Å²) in [6, 6.07) is 15.4. The van der Waals surface area contributed by atoms with Gasteiger partial charge in [0.05, 0.1) is 16.3 Å². The number of guanidine groups is 1. The third-order valence-corrected chi connectivity index (χ3v) is 6.45. The van der Waals surface area contributed by atoms with Crippen molar-refractivity contribution in [1.82, 2.24) is 20.4 Å². The molecule has 31 heavy (non-hydrogen) atoms. The van der Waals surface area contributed by atoms with E-state index in [0.29, 0.717) is 23.9 Å². The molecule has 0 radical (unpaired) electrons. The first-order valence-electron chi connectivity index (χ1n) is 10.1. The lowest BCUT2D eigenvalue weighted by molar-refractivity contribution is 0.601. The second kappa shape index (κ2) is 9.34. The van der Waals surface area contributed by atoms with Crippen molar-refractivity contribution in [2.75, 3.05) is 13.3 Å². The molecule has 0 atom stereocenters. The number of nitrogens with zero attached hydrogens (tertiary/aromatic N) is 3. The molecule has 8 heteroatoms. The lowest BCUT2D eigenvalue weighted by atomic mass is 10.1. The first-order valence-corrected chi connectivity index (χ1v) is 11.9. The molecule has 0 aliphatic rings. The summed E-state index contributed by atoms with van der Waals surface area (Å²) in [6.07, 6.45) is 1.23. The summed E-state index contributed by atoms with van der Waals surface area (Å²) in [6.45, 7) is 7.00. The van der Waals surface area contributed by atoms with Crippen molar-refractivity contribution < 1.29 is 8.42 Å². The molecule has 0 fully saturated rings. The summed E-state index contributed by atoms with van der Waals surface area (Å²) in [4.78, 5) is 4.65. The van der Waals surface area contributed by atoms with Gasteiger partial charge in [0.25, 0.3) is 0 Å². The molecule has 3 aromatic rings. The number of aryl methyl sites for hydroxylation is 2. The molecule has 0 unspecified atom stereocenters. The fraction of sp³-hybridized carbons (Fsp3) is 0.304. The Kier molecular flexibility index (Phi) is 6.80. The summed E-state index contributed by atoms with van der Waals surface area (Å²) in [7, 11) is -1.49. The predicted octanol–water partition coefficient (Wildman–Crippen LogP) is 3.07. The molecule has 0 bridgehead atoms. The minimum Gasteiger partial charge on any atom is -0.352 e. The minimum atomic E-state index is -3.22. The van der Waals surface area contributed by atoms with Crippen molar-refractivity contribution in [1.29, 1.82) is 0 Å². The zero-order chi connectivity index (χ0) is 22.6. The van der Waals surface area contributed by atoms with Crippen LogP contribution in [0, 0.1) is 20.8 Å². The van der Waals surface area contributed by atoms with E-state index in [4.69, 9.17) is 0 Å². The van der Waals surface area contributed by atoms with Gasteiger partial charge in [0.2, 0.25) is 0 Å². The van der Waals surface area contributed by atoms with Crippen molar-refractivity contribution in [2.45, 2.75) is 38.8 Å². The van der Waals surface area contributed by atoms with E-state index in [-0.39, 0.29) is 0 Å². The summed E-state index contributed by atoms with van der Waals surface area (Å²) >= 11 is 0. The smallest absolute Gasteiger partial charge is 0.191 e. The van der Waals surface area contributed by atoms with Gasteiger partial charge in [0.15, 0.2) is 15.8 Å². The molecular formula is C23H29N5O2S. The van der Waals surface area contributed by atoms with E-state index in [0.717, 1.165) is 33.8 Å². The fourth-order valence-electron chi connectivity index (χ4n) is 3.57. The van der Waals surface area contributed by atoms with E-state index >= 15 is 0 Å². The summed E-state index contributed by atoms with van der Waals surface area (Å²) in [5.74, 6) is 0.663. The number of rotatable bonds is 6. The van der Waals surface area contributed by atoms with E-state index in [2.05, 4.69) is 27.6 Å². The van der Waals surface area contributed by atoms with E-state index in [1.165, 1.54) is 6.26 Å². The molecular weight excluding hydrogens is 410 g/mol. The average molecular weight is 440 g/mol. The van der Waals surface area contributed by atoms with Crippen LogP contribution in [0.3, 0.4) is 0 Å². The van der Waals surface area contributed by atoms with Gasteiger partial charge < -0.3 is 10.6 Å². The van der Waals surface area contributed by atoms with Crippen LogP contribution in [0.15, 0.2) is 58.4 Å². The number of nitrogens with one attached hydrogen (secondary N) is 2. The van der Waals surface area contributed by atoms with Crippen molar-refractivity contribution in [3.05, 3.63) is 76.6 Å². The Balaban J connectivity index is 1.66. The Morgan fingerprint density at radius 3 is 2.32 bits per heavy atom. The quantitative estimate of drug-likeness (QED) is 0.455. The summed E-state index contributed by atoms with van der Waals surface area (Å²) in [5.41, 5.74) is 5.93. The molecule has 1 aromatic heterocycles. The van der Waals surface area contributed by atoms with E-state index in [1.807, 2.05) is 61.0 Å². The lowest BCUT2D eigenvalue weighted by Gasteiger charge is -2.13. The molecule has 3 rings (SSSR count). The molecule has 0 amide bonds. The molecule has 2 N–H and O–H groups in total. The van der Waals surface area contributed by atoms with Crippen LogP contribution in [-0.4, -0.2) is 37.5 Å². The SMILES string of the molecule is CN=C(NCc1ccc(S(C)(=O)=O)c(C)c1)NCc1c(C)nn(-c2ccccc2)c1C. The second-order valence-corrected chi connectivity index (χ2v) is 9.53. The van der Waals surface area contributed by atoms with Crippen LogP contribution in [0.25, 0.3) is 5.69 Å². The summed E-state index contributed by atoms with van der Waals surface area (Å²) in [5, 5.41) is 11.3. The minimum absolute atomic E-state index is 0.361. The highest BCUT2D eigenvalue weighted by Gasteiger charge is 2.14. The third kappa shape index (κ3) is 5.32. The standard InChI is InChI=1S/C23H29N5O2S/c1-16-13-19(11-12-22(16)31(5,29)30)14-25-23(24-4)26-15-21-17(2)27-28(18(21)3)20-9-7-6-8-10-20/h6-13H,14-15H2,1-5H3,(H2,24,25,26). The average Bonchev–Trinajstić information content (AvgIpc) is 3.01. The Morgan fingerprint density at radius 2 is 1.71 bits per heavy atom. The van der Waals surface area contributed by atoms with Crippen LogP contribution in [0.2, 0.25) is 0 Å². The monoisotopic (exact) mass is 439 g/mol. The number of sulfone groups is 1. The Labute approximate surface area is 184 Å². The molecule has 0 aliphatic carbocycles. The first-order chi connectivity index (χ1) is 14.7. The van der Waals surface area contributed by atoms with E-state index < -0.39 is 9.84 Å². The molecule has 0 aliphatic heterocycles. The molecule has 0 spiro atoms.